The number of rotatable bonds is 8. The monoisotopic (exact) mass is 207 g/mol. The van der Waals surface area contributed by atoms with Crippen molar-refractivity contribution in [3.63, 3.8) is 0 Å². The standard InChI is InChI=1S/C13H23N2/c1-3-5-6-7-8-9-11-15(4-2)12-10-14-13-15/h4,10,12-13H,2-3,5-9,11H2,1H3/q+1. The van der Waals surface area contributed by atoms with Gasteiger partial charge in [0.2, 0.25) is 0 Å². The van der Waals surface area contributed by atoms with E-state index in [0.29, 0.717) is 0 Å². The Morgan fingerprint density at radius 2 is 1.93 bits per heavy atom. The lowest BCUT2D eigenvalue weighted by atomic mass is 10.1. The van der Waals surface area contributed by atoms with E-state index in [4.69, 9.17) is 0 Å². The highest BCUT2D eigenvalue weighted by molar-refractivity contribution is 5.51. The van der Waals surface area contributed by atoms with Gasteiger partial charge in [0.15, 0.2) is 6.34 Å². The van der Waals surface area contributed by atoms with Crippen molar-refractivity contribution >= 4 is 6.34 Å². The summed E-state index contributed by atoms with van der Waals surface area (Å²) in [6.07, 6.45) is 15.9. The fourth-order valence-electron chi connectivity index (χ4n) is 1.86. The van der Waals surface area contributed by atoms with Crippen molar-refractivity contribution in [2.24, 2.45) is 4.99 Å². The predicted octanol–water partition coefficient (Wildman–Crippen LogP) is 3.82. The van der Waals surface area contributed by atoms with E-state index in [2.05, 4.69) is 24.7 Å². The average molecular weight is 207 g/mol. The molecule has 1 atom stereocenters. The second-order valence-electron chi connectivity index (χ2n) is 4.23. The maximum Gasteiger partial charge on any atom is 0.199 e. The lowest BCUT2D eigenvalue weighted by molar-refractivity contribution is -0.721. The Labute approximate surface area is 93.6 Å². The zero-order valence-electron chi connectivity index (χ0n) is 9.86. The van der Waals surface area contributed by atoms with Crippen molar-refractivity contribution < 1.29 is 4.48 Å². The van der Waals surface area contributed by atoms with Crippen LogP contribution < -0.4 is 0 Å². The number of quaternary nitrogens is 1. The first-order chi connectivity index (χ1) is 7.33. The van der Waals surface area contributed by atoms with Crippen LogP contribution in [0.25, 0.3) is 0 Å². The molecule has 0 N–H and O–H groups in total. The van der Waals surface area contributed by atoms with Gasteiger partial charge >= 0.3 is 0 Å². The molecule has 2 heteroatoms. The van der Waals surface area contributed by atoms with Gasteiger partial charge in [-0.15, -0.1) is 0 Å². The van der Waals surface area contributed by atoms with Gasteiger partial charge in [-0.1, -0.05) is 32.6 Å². The molecule has 0 aromatic heterocycles. The van der Waals surface area contributed by atoms with E-state index < -0.39 is 0 Å². The molecule has 0 spiro atoms. The molecule has 0 aliphatic carbocycles. The molecule has 0 radical (unpaired) electrons. The predicted molar refractivity (Wildman–Crippen MR) is 66.3 cm³/mol. The molecule has 0 aromatic rings. The van der Waals surface area contributed by atoms with Gasteiger partial charge in [0.25, 0.3) is 0 Å². The topological polar surface area (TPSA) is 12.4 Å². The summed E-state index contributed by atoms with van der Waals surface area (Å²) in [4.78, 5) is 4.13. The Morgan fingerprint density at radius 3 is 2.53 bits per heavy atom. The summed E-state index contributed by atoms with van der Waals surface area (Å²) in [5, 5.41) is 0. The molecule has 0 saturated carbocycles. The summed E-state index contributed by atoms with van der Waals surface area (Å²) in [6, 6.07) is 0. The molecule has 0 bridgehead atoms. The smallest absolute Gasteiger partial charge is 0.199 e. The van der Waals surface area contributed by atoms with E-state index in [1.54, 1.807) is 0 Å². The lowest BCUT2D eigenvalue weighted by Gasteiger charge is -2.21. The van der Waals surface area contributed by atoms with Crippen LogP contribution in [0.1, 0.15) is 45.4 Å². The van der Waals surface area contributed by atoms with E-state index in [-0.39, 0.29) is 0 Å². The number of aliphatic imine (C=N–C) groups is 1. The third kappa shape index (κ3) is 4.00. The van der Waals surface area contributed by atoms with Crippen LogP contribution in [0.5, 0.6) is 0 Å². The van der Waals surface area contributed by atoms with Crippen molar-refractivity contribution in [3.8, 4) is 0 Å². The first kappa shape index (κ1) is 12.2. The fraction of sp³-hybridized carbons (Fsp3) is 0.615. The van der Waals surface area contributed by atoms with Crippen molar-refractivity contribution in [1.82, 2.24) is 0 Å². The summed E-state index contributed by atoms with van der Waals surface area (Å²) >= 11 is 0. The molecule has 84 valence electrons. The molecule has 0 saturated heterocycles. The molecule has 1 aliphatic heterocycles. The molecule has 1 aliphatic rings. The van der Waals surface area contributed by atoms with Crippen LogP contribution in [0.2, 0.25) is 0 Å². The number of hydrogen-bond donors (Lipinski definition) is 0. The largest absolute Gasteiger partial charge is 0.228 e. The normalized spacial score (nSPS) is 23.5. The lowest BCUT2D eigenvalue weighted by Crippen LogP contribution is -2.34. The molecule has 1 rings (SSSR count). The van der Waals surface area contributed by atoms with Crippen LogP contribution in [0, 0.1) is 0 Å². The van der Waals surface area contributed by atoms with E-state index >= 15 is 0 Å². The van der Waals surface area contributed by atoms with Crippen LogP contribution in [0.3, 0.4) is 0 Å². The maximum absolute atomic E-state index is 4.13. The molecular formula is C13H23N2+. The minimum Gasteiger partial charge on any atom is -0.228 e. The van der Waals surface area contributed by atoms with Crippen LogP contribution in [-0.2, 0) is 0 Å². The summed E-state index contributed by atoms with van der Waals surface area (Å²) < 4.78 is 0.730. The quantitative estimate of drug-likeness (QED) is 0.424. The van der Waals surface area contributed by atoms with Gasteiger partial charge in [-0.05, 0) is 19.4 Å². The summed E-state index contributed by atoms with van der Waals surface area (Å²) in [7, 11) is 0. The van der Waals surface area contributed by atoms with Crippen molar-refractivity contribution in [1.29, 1.82) is 0 Å². The van der Waals surface area contributed by atoms with Crippen LogP contribution in [-0.4, -0.2) is 17.4 Å². The molecule has 2 nitrogen and oxygen atoms in total. The third-order valence-corrected chi connectivity index (χ3v) is 2.95. The summed E-state index contributed by atoms with van der Waals surface area (Å²) in [5.41, 5.74) is 0. The average Bonchev–Trinajstić information content (AvgIpc) is 2.73. The second-order valence-corrected chi connectivity index (χ2v) is 4.23. The zero-order valence-corrected chi connectivity index (χ0v) is 9.86. The van der Waals surface area contributed by atoms with Crippen LogP contribution in [0.15, 0.2) is 30.2 Å². The molecule has 1 heterocycles. The number of hydrogen-bond acceptors (Lipinski definition) is 1. The van der Waals surface area contributed by atoms with E-state index in [9.17, 15) is 0 Å². The van der Waals surface area contributed by atoms with Gasteiger partial charge in [-0.2, -0.15) is 0 Å². The highest BCUT2D eigenvalue weighted by Crippen LogP contribution is 2.15. The van der Waals surface area contributed by atoms with E-state index in [1.807, 2.05) is 18.7 Å². The van der Waals surface area contributed by atoms with Gasteiger partial charge < -0.3 is 0 Å². The first-order valence-corrected chi connectivity index (χ1v) is 6.06. The molecule has 0 amide bonds. The highest BCUT2D eigenvalue weighted by Gasteiger charge is 2.21. The van der Waals surface area contributed by atoms with E-state index in [1.165, 1.54) is 38.5 Å². The van der Waals surface area contributed by atoms with Crippen molar-refractivity contribution in [2.75, 3.05) is 6.54 Å². The minimum absolute atomic E-state index is 0.730. The zero-order chi connectivity index (χ0) is 11.0. The Balaban J connectivity index is 2.11. The minimum atomic E-state index is 0.730. The summed E-state index contributed by atoms with van der Waals surface area (Å²) in [6.45, 7) is 7.23. The van der Waals surface area contributed by atoms with Crippen LogP contribution >= 0.6 is 0 Å². The van der Waals surface area contributed by atoms with Gasteiger partial charge in [0, 0.05) is 0 Å². The Morgan fingerprint density at radius 1 is 1.20 bits per heavy atom. The van der Waals surface area contributed by atoms with Crippen molar-refractivity contribution in [2.45, 2.75) is 45.4 Å². The van der Waals surface area contributed by atoms with Gasteiger partial charge in [-0.3, -0.25) is 0 Å². The number of nitrogens with zero attached hydrogens (tertiary/aromatic N) is 2. The highest BCUT2D eigenvalue weighted by atomic mass is 15.4. The Hall–Kier alpha value is -0.890. The first-order valence-electron chi connectivity index (χ1n) is 6.06. The fourth-order valence-corrected chi connectivity index (χ4v) is 1.86. The molecule has 1 unspecified atom stereocenters. The summed E-state index contributed by atoms with van der Waals surface area (Å²) in [5.74, 6) is 0. The van der Waals surface area contributed by atoms with Crippen molar-refractivity contribution in [3.05, 3.63) is 25.2 Å². The molecule has 0 fully saturated rings. The number of unbranched alkanes of at least 4 members (excludes halogenated alkanes) is 5. The molecule has 0 aromatic carbocycles. The second kappa shape index (κ2) is 6.57. The SMILES string of the molecule is C=C[N+]1(CCCCCCCC)C=CN=C1. The Bertz CT molecular complexity index is 229. The van der Waals surface area contributed by atoms with Gasteiger partial charge in [0.05, 0.1) is 18.9 Å². The Kier molecular flexibility index (Phi) is 5.33. The van der Waals surface area contributed by atoms with Gasteiger partial charge in [0.1, 0.15) is 6.20 Å². The third-order valence-electron chi connectivity index (χ3n) is 2.95. The van der Waals surface area contributed by atoms with E-state index in [0.717, 1.165) is 11.0 Å². The molecular weight excluding hydrogens is 184 g/mol. The maximum atomic E-state index is 4.13. The molecule has 15 heavy (non-hydrogen) atoms. The van der Waals surface area contributed by atoms with Crippen LogP contribution in [0.4, 0.5) is 0 Å². The van der Waals surface area contributed by atoms with Gasteiger partial charge in [-0.25, -0.2) is 9.48 Å².